The third-order valence-corrected chi connectivity index (χ3v) is 3.61. The van der Waals surface area contributed by atoms with E-state index in [1.807, 2.05) is 11.8 Å². The second-order valence-corrected chi connectivity index (χ2v) is 4.71. The smallest absolute Gasteiger partial charge is 0.248 e. The fraction of sp³-hybridized carbons (Fsp3) is 0.917. The Bertz CT molecular complexity index is 260. The van der Waals surface area contributed by atoms with E-state index in [1.54, 1.807) is 0 Å². The van der Waals surface area contributed by atoms with Crippen molar-refractivity contribution in [1.82, 2.24) is 15.1 Å². The van der Waals surface area contributed by atoms with Crippen molar-refractivity contribution in [3.05, 3.63) is 0 Å². The predicted molar refractivity (Wildman–Crippen MR) is 73.2 cm³/mol. The zero-order valence-electron chi connectivity index (χ0n) is 11.1. The molecule has 1 unspecified atom stereocenters. The minimum atomic E-state index is 0. The molecule has 0 bridgehead atoms. The largest absolute Gasteiger partial charge is 0.372 e. The molecule has 1 N–H and O–H groups in total. The standard InChI is InChI=1S/C12H23N3O2.ClH/c1-2-17-10-12(16)15-6-3-11(9-15)14-7-4-13-5-8-14;/h11,13H,2-10H2,1H3;1H. The van der Waals surface area contributed by atoms with Gasteiger partial charge in [-0.05, 0) is 13.3 Å². The second kappa shape index (κ2) is 7.94. The molecule has 1 amide bonds. The van der Waals surface area contributed by atoms with Gasteiger partial charge in [0.2, 0.25) is 5.91 Å². The first-order valence-electron chi connectivity index (χ1n) is 6.61. The first-order valence-corrected chi connectivity index (χ1v) is 6.61. The molecule has 1 atom stereocenters. The van der Waals surface area contributed by atoms with Gasteiger partial charge in [-0.2, -0.15) is 0 Å². The van der Waals surface area contributed by atoms with Crippen LogP contribution in [0.15, 0.2) is 0 Å². The fourth-order valence-corrected chi connectivity index (χ4v) is 2.59. The van der Waals surface area contributed by atoms with E-state index in [1.165, 1.54) is 0 Å². The van der Waals surface area contributed by atoms with Crippen molar-refractivity contribution < 1.29 is 9.53 Å². The quantitative estimate of drug-likeness (QED) is 0.783. The summed E-state index contributed by atoms with van der Waals surface area (Å²) in [5.74, 6) is 0.143. The number of ether oxygens (including phenoxy) is 1. The second-order valence-electron chi connectivity index (χ2n) is 4.71. The Morgan fingerprint density at radius 2 is 2.06 bits per heavy atom. The molecule has 2 aliphatic heterocycles. The highest BCUT2D eigenvalue weighted by Crippen LogP contribution is 2.16. The number of hydrogen-bond acceptors (Lipinski definition) is 4. The van der Waals surface area contributed by atoms with Gasteiger partial charge < -0.3 is 15.0 Å². The lowest BCUT2D eigenvalue weighted by Gasteiger charge is -2.32. The Balaban J connectivity index is 0.00000162. The van der Waals surface area contributed by atoms with E-state index in [0.29, 0.717) is 12.6 Å². The summed E-state index contributed by atoms with van der Waals surface area (Å²) in [6.07, 6.45) is 1.11. The molecule has 2 fully saturated rings. The topological polar surface area (TPSA) is 44.8 Å². The Kier molecular flexibility index (Phi) is 6.92. The Morgan fingerprint density at radius 1 is 1.33 bits per heavy atom. The summed E-state index contributed by atoms with van der Waals surface area (Å²) >= 11 is 0. The molecule has 0 spiro atoms. The number of carbonyl (C=O) groups excluding carboxylic acids is 1. The summed E-state index contributed by atoms with van der Waals surface area (Å²) in [6, 6.07) is 0.558. The van der Waals surface area contributed by atoms with Crippen LogP contribution in [0.5, 0.6) is 0 Å². The highest BCUT2D eigenvalue weighted by atomic mass is 35.5. The molecule has 0 aromatic heterocycles. The molecule has 0 aromatic rings. The van der Waals surface area contributed by atoms with Gasteiger partial charge in [0.1, 0.15) is 6.61 Å². The van der Waals surface area contributed by atoms with E-state index >= 15 is 0 Å². The molecular formula is C12H24ClN3O2. The van der Waals surface area contributed by atoms with Crippen molar-refractivity contribution in [1.29, 1.82) is 0 Å². The van der Waals surface area contributed by atoms with Gasteiger partial charge in [-0.1, -0.05) is 0 Å². The third kappa shape index (κ3) is 4.09. The lowest BCUT2D eigenvalue weighted by Crippen LogP contribution is -2.49. The number of hydrogen-bond donors (Lipinski definition) is 1. The van der Waals surface area contributed by atoms with E-state index in [0.717, 1.165) is 45.7 Å². The number of halogens is 1. The van der Waals surface area contributed by atoms with Crippen LogP contribution in [-0.4, -0.2) is 74.2 Å². The maximum atomic E-state index is 11.8. The van der Waals surface area contributed by atoms with Gasteiger partial charge in [-0.25, -0.2) is 0 Å². The van der Waals surface area contributed by atoms with E-state index in [9.17, 15) is 4.79 Å². The average molecular weight is 278 g/mol. The summed E-state index contributed by atoms with van der Waals surface area (Å²) in [5.41, 5.74) is 0. The molecule has 2 rings (SSSR count). The van der Waals surface area contributed by atoms with Gasteiger partial charge in [-0.3, -0.25) is 9.69 Å². The van der Waals surface area contributed by atoms with Crippen molar-refractivity contribution >= 4 is 18.3 Å². The molecule has 0 radical (unpaired) electrons. The molecule has 18 heavy (non-hydrogen) atoms. The zero-order chi connectivity index (χ0) is 12.1. The van der Waals surface area contributed by atoms with Gasteiger partial charge in [0.05, 0.1) is 0 Å². The van der Waals surface area contributed by atoms with Crippen LogP contribution in [0.3, 0.4) is 0 Å². The SMILES string of the molecule is CCOCC(=O)N1CCC(N2CCNCC2)C1.Cl. The van der Waals surface area contributed by atoms with Crippen LogP contribution >= 0.6 is 12.4 Å². The molecule has 0 saturated carbocycles. The van der Waals surface area contributed by atoms with Crippen molar-refractivity contribution in [3.63, 3.8) is 0 Å². The fourth-order valence-electron chi connectivity index (χ4n) is 2.59. The number of nitrogens with zero attached hydrogens (tertiary/aromatic N) is 2. The minimum absolute atomic E-state index is 0. The van der Waals surface area contributed by atoms with Crippen LogP contribution in [0.4, 0.5) is 0 Å². The number of amides is 1. The lowest BCUT2D eigenvalue weighted by molar-refractivity contribution is -0.135. The highest BCUT2D eigenvalue weighted by Gasteiger charge is 2.30. The van der Waals surface area contributed by atoms with Crippen LogP contribution in [0.1, 0.15) is 13.3 Å². The number of carbonyl (C=O) groups is 1. The van der Waals surface area contributed by atoms with Crippen molar-refractivity contribution in [2.45, 2.75) is 19.4 Å². The van der Waals surface area contributed by atoms with E-state index in [2.05, 4.69) is 10.2 Å². The highest BCUT2D eigenvalue weighted by molar-refractivity contribution is 5.85. The maximum Gasteiger partial charge on any atom is 0.248 e. The van der Waals surface area contributed by atoms with E-state index in [-0.39, 0.29) is 24.9 Å². The lowest BCUT2D eigenvalue weighted by atomic mass is 10.2. The molecular weight excluding hydrogens is 254 g/mol. The van der Waals surface area contributed by atoms with E-state index < -0.39 is 0 Å². The Morgan fingerprint density at radius 3 is 2.72 bits per heavy atom. The number of nitrogens with one attached hydrogen (secondary N) is 1. The Hall–Kier alpha value is -0.360. The van der Waals surface area contributed by atoms with Crippen LogP contribution in [0.25, 0.3) is 0 Å². The van der Waals surface area contributed by atoms with Crippen LogP contribution in [0, 0.1) is 0 Å². The van der Waals surface area contributed by atoms with Crippen LogP contribution in [0.2, 0.25) is 0 Å². The van der Waals surface area contributed by atoms with Gasteiger partial charge in [0.25, 0.3) is 0 Å². The van der Waals surface area contributed by atoms with Crippen molar-refractivity contribution in [2.24, 2.45) is 0 Å². The summed E-state index contributed by atoms with van der Waals surface area (Å²) in [4.78, 5) is 16.3. The number of likely N-dealkylation sites (tertiary alicyclic amines) is 1. The molecule has 2 heterocycles. The monoisotopic (exact) mass is 277 g/mol. The first-order chi connectivity index (χ1) is 8.31. The summed E-state index contributed by atoms with van der Waals surface area (Å²) in [7, 11) is 0. The molecule has 2 aliphatic rings. The van der Waals surface area contributed by atoms with Crippen molar-refractivity contribution in [2.75, 3.05) is 52.5 Å². The summed E-state index contributed by atoms with van der Waals surface area (Å²) < 4.78 is 5.17. The van der Waals surface area contributed by atoms with Gasteiger partial charge in [-0.15, -0.1) is 12.4 Å². The molecule has 0 aromatic carbocycles. The molecule has 5 nitrogen and oxygen atoms in total. The summed E-state index contributed by atoms with van der Waals surface area (Å²) in [6.45, 7) is 8.90. The molecule has 0 aliphatic carbocycles. The molecule has 2 saturated heterocycles. The maximum absolute atomic E-state index is 11.8. The van der Waals surface area contributed by atoms with Crippen LogP contribution < -0.4 is 5.32 Å². The van der Waals surface area contributed by atoms with Gasteiger partial charge >= 0.3 is 0 Å². The average Bonchev–Trinajstić information content (AvgIpc) is 2.86. The predicted octanol–water partition coefficient (Wildman–Crippen LogP) is -0.0492. The Labute approximate surface area is 115 Å². The molecule has 106 valence electrons. The normalized spacial score (nSPS) is 24.9. The zero-order valence-corrected chi connectivity index (χ0v) is 11.9. The van der Waals surface area contributed by atoms with Crippen LogP contribution in [-0.2, 0) is 9.53 Å². The van der Waals surface area contributed by atoms with Crippen molar-refractivity contribution in [3.8, 4) is 0 Å². The number of rotatable bonds is 4. The minimum Gasteiger partial charge on any atom is -0.372 e. The number of piperazine rings is 1. The van der Waals surface area contributed by atoms with Gasteiger partial charge in [0, 0.05) is 51.9 Å². The molecule has 6 heteroatoms. The summed E-state index contributed by atoms with van der Waals surface area (Å²) in [5, 5.41) is 3.36. The third-order valence-electron chi connectivity index (χ3n) is 3.61. The van der Waals surface area contributed by atoms with E-state index in [4.69, 9.17) is 4.74 Å². The first kappa shape index (κ1) is 15.7. The van der Waals surface area contributed by atoms with Gasteiger partial charge in [0.15, 0.2) is 0 Å².